The minimum Gasteiger partial charge on any atom is -0.399 e. The van der Waals surface area contributed by atoms with Gasteiger partial charge < -0.3 is 10.6 Å². The maximum atomic E-state index is 12.0. The molecule has 1 fully saturated rings. The number of hydrogen-bond donors (Lipinski definition) is 1. The molecule has 1 aromatic rings. The maximum Gasteiger partial charge on any atom is 0.239 e. The van der Waals surface area contributed by atoms with Crippen LogP contribution in [0.3, 0.4) is 0 Å². The first-order valence-electron chi connectivity index (χ1n) is 6.33. The van der Waals surface area contributed by atoms with E-state index in [0.29, 0.717) is 0 Å². The molecule has 0 radical (unpaired) electrons. The monoisotopic (exact) mass is 247 g/mol. The van der Waals surface area contributed by atoms with Crippen molar-refractivity contribution in [1.82, 2.24) is 9.80 Å². The second-order valence-corrected chi connectivity index (χ2v) is 5.08. The number of likely N-dealkylation sites (N-methyl/N-ethyl adjacent to an activating group) is 2. The Morgan fingerprint density at radius 2 is 2.22 bits per heavy atom. The number of benzene rings is 1. The van der Waals surface area contributed by atoms with E-state index in [1.54, 1.807) is 4.90 Å². The van der Waals surface area contributed by atoms with Gasteiger partial charge in [0.25, 0.3) is 0 Å². The molecule has 1 aromatic carbocycles. The number of amides is 1. The number of anilines is 1. The number of likely N-dealkylation sites (tertiary alicyclic amines) is 1. The highest BCUT2D eigenvalue weighted by molar-refractivity contribution is 5.83. The van der Waals surface area contributed by atoms with Crippen LogP contribution < -0.4 is 5.73 Å². The van der Waals surface area contributed by atoms with Gasteiger partial charge in [-0.25, -0.2) is 0 Å². The first kappa shape index (κ1) is 12.9. The Hall–Kier alpha value is -1.55. The molecule has 0 aromatic heterocycles. The van der Waals surface area contributed by atoms with Crippen LogP contribution in [0.1, 0.15) is 24.9 Å². The summed E-state index contributed by atoms with van der Waals surface area (Å²) >= 11 is 0. The van der Waals surface area contributed by atoms with Crippen LogP contribution in [0.25, 0.3) is 0 Å². The first-order chi connectivity index (χ1) is 8.50. The van der Waals surface area contributed by atoms with Gasteiger partial charge in [-0.05, 0) is 38.1 Å². The maximum absolute atomic E-state index is 12.0. The number of carbonyl (C=O) groups excluding carboxylic acids is 1. The summed E-state index contributed by atoms with van der Waals surface area (Å²) in [5, 5.41) is 0. The van der Waals surface area contributed by atoms with E-state index in [0.717, 1.165) is 24.2 Å². The third-order valence-electron chi connectivity index (χ3n) is 3.89. The molecule has 2 unspecified atom stereocenters. The lowest BCUT2D eigenvalue weighted by atomic mass is 10.0. The summed E-state index contributed by atoms with van der Waals surface area (Å²) in [6.45, 7) is 2.96. The fraction of sp³-hybridized carbons (Fsp3) is 0.500. The number of carbonyl (C=O) groups is 1. The Morgan fingerprint density at radius 1 is 1.50 bits per heavy atom. The van der Waals surface area contributed by atoms with Crippen LogP contribution in [0.15, 0.2) is 24.3 Å². The Labute approximate surface area is 108 Å². The van der Waals surface area contributed by atoms with Crippen molar-refractivity contribution in [2.24, 2.45) is 0 Å². The number of nitrogen functional groups attached to an aromatic ring is 1. The predicted octanol–water partition coefficient (Wildman–Crippen LogP) is 1.49. The van der Waals surface area contributed by atoms with E-state index in [1.165, 1.54) is 0 Å². The SMILES string of the molecule is CC(c1cccc(N)c1)N(C)C1CCN(C)C1=O. The Morgan fingerprint density at radius 3 is 2.78 bits per heavy atom. The highest BCUT2D eigenvalue weighted by Gasteiger charge is 2.34. The number of rotatable bonds is 3. The molecular weight excluding hydrogens is 226 g/mol. The molecular formula is C14H21N3O. The first-order valence-corrected chi connectivity index (χ1v) is 6.33. The third-order valence-corrected chi connectivity index (χ3v) is 3.89. The fourth-order valence-corrected chi connectivity index (χ4v) is 2.51. The van der Waals surface area contributed by atoms with Gasteiger partial charge in [0.1, 0.15) is 0 Å². The molecule has 2 atom stereocenters. The smallest absolute Gasteiger partial charge is 0.239 e. The molecule has 1 heterocycles. The number of nitrogens with two attached hydrogens (primary N) is 1. The lowest BCUT2D eigenvalue weighted by molar-refractivity contribution is -0.131. The number of nitrogens with zero attached hydrogens (tertiary/aromatic N) is 2. The molecule has 1 saturated heterocycles. The van der Waals surface area contributed by atoms with Crippen LogP contribution >= 0.6 is 0 Å². The van der Waals surface area contributed by atoms with E-state index in [4.69, 9.17) is 5.73 Å². The van der Waals surface area contributed by atoms with Crippen molar-refractivity contribution < 1.29 is 4.79 Å². The summed E-state index contributed by atoms with van der Waals surface area (Å²) in [6, 6.07) is 8.05. The van der Waals surface area contributed by atoms with E-state index in [2.05, 4.69) is 17.9 Å². The molecule has 18 heavy (non-hydrogen) atoms. The Bertz CT molecular complexity index is 446. The molecule has 0 saturated carbocycles. The standard InChI is InChI=1S/C14H21N3O/c1-10(11-5-4-6-12(15)9-11)17(3)13-7-8-16(2)14(13)18/h4-6,9-10,13H,7-8,15H2,1-3H3. The average Bonchev–Trinajstić information content (AvgIpc) is 2.68. The molecule has 4 nitrogen and oxygen atoms in total. The van der Waals surface area contributed by atoms with Gasteiger partial charge in [-0.15, -0.1) is 0 Å². The zero-order chi connectivity index (χ0) is 13.3. The van der Waals surface area contributed by atoms with Crippen molar-refractivity contribution >= 4 is 11.6 Å². The van der Waals surface area contributed by atoms with Gasteiger partial charge >= 0.3 is 0 Å². The summed E-state index contributed by atoms with van der Waals surface area (Å²) in [5.74, 6) is 0.216. The zero-order valence-corrected chi connectivity index (χ0v) is 11.3. The van der Waals surface area contributed by atoms with E-state index in [9.17, 15) is 4.79 Å². The fourth-order valence-electron chi connectivity index (χ4n) is 2.51. The van der Waals surface area contributed by atoms with Gasteiger partial charge in [0.2, 0.25) is 5.91 Å². The third kappa shape index (κ3) is 2.34. The van der Waals surface area contributed by atoms with Crippen molar-refractivity contribution in [2.45, 2.75) is 25.4 Å². The molecule has 98 valence electrons. The number of hydrogen-bond acceptors (Lipinski definition) is 3. The molecule has 1 aliphatic rings. The van der Waals surface area contributed by atoms with E-state index in [1.807, 2.05) is 32.3 Å². The molecule has 0 bridgehead atoms. The molecule has 4 heteroatoms. The minimum absolute atomic E-state index is 0.00793. The van der Waals surface area contributed by atoms with Crippen LogP contribution in [0, 0.1) is 0 Å². The average molecular weight is 247 g/mol. The Balaban J connectivity index is 2.14. The molecule has 1 amide bonds. The van der Waals surface area contributed by atoms with Crippen LogP contribution in [-0.4, -0.2) is 42.4 Å². The quantitative estimate of drug-likeness (QED) is 0.823. The summed E-state index contributed by atoms with van der Waals surface area (Å²) in [4.78, 5) is 15.9. The summed E-state index contributed by atoms with van der Waals surface area (Å²) < 4.78 is 0. The van der Waals surface area contributed by atoms with Gasteiger partial charge in [0.05, 0.1) is 6.04 Å². The highest BCUT2D eigenvalue weighted by atomic mass is 16.2. The van der Waals surface area contributed by atoms with Crippen LogP contribution in [0.2, 0.25) is 0 Å². The van der Waals surface area contributed by atoms with Crippen molar-refractivity contribution in [1.29, 1.82) is 0 Å². The summed E-state index contributed by atoms with van der Waals surface area (Å²) in [6.07, 6.45) is 0.901. The van der Waals surface area contributed by atoms with Gasteiger partial charge in [0.15, 0.2) is 0 Å². The molecule has 2 N–H and O–H groups in total. The normalized spacial score (nSPS) is 21.7. The lowest BCUT2D eigenvalue weighted by Gasteiger charge is -2.29. The second kappa shape index (κ2) is 4.98. The van der Waals surface area contributed by atoms with Gasteiger partial charge in [-0.2, -0.15) is 0 Å². The van der Waals surface area contributed by atoms with Crippen LogP contribution in [0.5, 0.6) is 0 Å². The van der Waals surface area contributed by atoms with Crippen molar-refractivity contribution in [3.8, 4) is 0 Å². The van der Waals surface area contributed by atoms with Gasteiger partial charge in [0, 0.05) is 25.3 Å². The van der Waals surface area contributed by atoms with Gasteiger partial charge in [-0.3, -0.25) is 9.69 Å². The van der Waals surface area contributed by atoms with Gasteiger partial charge in [-0.1, -0.05) is 12.1 Å². The second-order valence-electron chi connectivity index (χ2n) is 5.08. The van der Waals surface area contributed by atoms with Crippen molar-refractivity contribution in [3.05, 3.63) is 29.8 Å². The molecule has 2 rings (SSSR count). The van der Waals surface area contributed by atoms with E-state index >= 15 is 0 Å². The Kier molecular flexibility index (Phi) is 3.57. The topological polar surface area (TPSA) is 49.6 Å². The van der Waals surface area contributed by atoms with Crippen molar-refractivity contribution in [3.63, 3.8) is 0 Å². The van der Waals surface area contributed by atoms with E-state index in [-0.39, 0.29) is 18.0 Å². The zero-order valence-electron chi connectivity index (χ0n) is 11.3. The lowest BCUT2D eigenvalue weighted by Crippen LogP contribution is -2.39. The minimum atomic E-state index is -0.00793. The molecule has 1 aliphatic heterocycles. The summed E-state index contributed by atoms with van der Waals surface area (Å²) in [7, 11) is 3.87. The van der Waals surface area contributed by atoms with Crippen LogP contribution in [0.4, 0.5) is 5.69 Å². The summed E-state index contributed by atoms with van der Waals surface area (Å²) in [5.41, 5.74) is 7.72. The predicted molar refractivity (Wildman–Crippen MR) is 73.1 cm³/mol. The highest BCUT2D eigenvalue weighted by Crippen LogP contribution is 2.26. The molecule has 0 spiro atoms. The van der Waals surface area contributed by atoms with E-state index < -0.39 is 0 Å². The molecule has 0 aliphatic carbocycles. The van der Waals surface area contributed by atoms with Crippen LogP contribution in [-0.2, 0) is 4.79 Å². The largest absolute Gasteiger partial charge is 0.399 e. The van der Waals surface area contributed by atoms with Crippen molar-refractivity contribution in [2.75, 3.05) is 26.4 Å².